The second-order valence-corrected chi connectivity index (χ2v) is 6.12. The summed E-state index contributed by atoms with van der Waals surface area (Å²) in [7, 11) is -2.64. The molecule has 2 rings (SSSR count). The van der Waals surface area contributed by atoms with Gasteiger partial charge in [0.2, 0.25) is 0 Å². The highest BCUT2D eigenvalue weighted by Crippen LogP contribution is 2.22. The molecule has 1 aromatic heterocycles. The van der Waals surface area contributed by atoms with Gasteiger partial charge in [-0.1, -0.05) is 0 Å². The summed E-state index contributed by atoms with van der Waals surface area (Å²) in [6.07, 6.45) is 2.58. The Kier molecular flexibility index (Phi) is 4.19. The number of halogens is 2. The van der Waals surface area contributed by atoms with Gasteiger partial charge in [0.05, 0.1) is 24.4 Å². The van der Waals surface area contributed by atoms with Crippen molar-refractivity contribution in [2.45, 2.75) is 4.90 Å². The van der Waals surface area contributed by atoms with Crippen molar-refractivity contribution in [3.8, 4) is 5.75 Å². The first-order valence-corrected chi connectivity index (χ1v) is 7.54. The number of anilines is 1. The molecular formula is C11H9BrFN3O3S. The largest absolute Gasteiger partial charge is 0.494 e. The minimum absolute atomic E-state index is 0.0319. The monoisotopic (exact) mass is 361 g/mol. The first kappa shape index (κ1) is 14.7. The van der Waals surface area contributed by atoms with Crippen LogP contribution in [0.5, 0.6) is 5.75 Å². The van der Waals surface area contributed by atoms with Crippen molar-refractivity contribution < 1.29 is 17.5 Å². The van der Waals surface area contributed by atoms with E-state index in [-0.39, 0.29) is 16.5 Å². The fourth-order valence-corrected chi connectivity index (χ4v) is 2.58. The molecule has 0 aliphatic heterocycles. The molecule has 0 fully saturated rings. The molecule has 0 bridgehead atoms. The number of benzene rings is 1. The molecule has 1 heterocycles. The Bertz CT molecular complexity index is 722. The quantitative estimate of drug-likeness (QED) is 0.902. The van der Waals surface area contributed by atoms with Gasteiger partial charge in [0.25, 0.3) is 10.0 Å². The lowest BCUT2D eigenvalue weighted by molar-refractivity contribution is 0.385. The van der Waals surface area contributed by atoms with Gasteiger partial charge in [0, 0.05) is 0 Å². The molecule has 9 heteroatoms. The van der Waals surface area contributed by atoms with Crippen molar-refractivity contribution in [1.29, 1.82) is 0 Å². The van der Waals surface area contributed by atoms with Crippen LogP contribution >= 0.6 is 15.9 Å². The molecule has 0 spiro atoms. The number of hydrogen-bond acceptors (Lipinski definition) is 5. The lowest BCUT2D eigenvalue weighted by Gasteiger charge is -2.08. The summed E-state index contributed by atoms with van der Waals surface area (Å²) in [5.41, 5.74) is 0. The summed E-state index contributed by atoms with van der Waals surface area (Å²) in [5.74, 6) is -0.769. The molecule has 1 aromatic carbocycles. The van der Waals surface area contributed by atoms with Gasteiger partial charge in [-0.05, 0) is 34.1 Å². The topological polar surface area (TPSA) is 81.2 Å². The Balaban J connectivity index is 2.30. The van der Waals surface area contributed by atoms with Crippen molar-refractivity contribution in [2.24, 2.45) is 0 Å². The summed E-state index contributed by atoms with van der Waals surface area (Å²) in [4.78, 5) is 7.43. The van der Waals surface area contributed by atoms with E-state index < -0.39 is 15.8 Å². The Morgan fingerprint density at radius 1 is 1.30 bits per heavy atom. The zero-order valence-electron chi connectivity index (χ0n) is 10.2. The molecule has 2 aromatic rings. The van der Waals surface area contributed by atoms with Crippen LogP contribution in [0.1, 0.15) is 0 Å². The Labute approximate surface area is 123 Å². The van der Waals surface area contributed by atoms with Gasteiger partial charge in [-0.15, -0.1) is 0 Å². The van der Waals surface area contributed by atoms with Gasteiger partial charge in [-0.25, -0.2) is 22.8 Å². The molecule has 106 valence electrons. The van der Waals surface area contributed by atoms with E-state index in [2.05, 4.69) is 30.6 Å². The normalized spacial score (nSPS) is 11.2. The van der Waals surface area contributed by atoms with Crippen molar-refractivity contribution in [3.63, 3.8) is 0 Å². The SMILES string of the molecule is COc1ccc(S(=O)(=O)Nc2cnc(Br)cn2)cc1F. The van der Waals surface area contributed by atoms with E-state index in [1.807, 2.05) is 0 Å². The predicted octanol–water partition coefficient (Wildman–Crippen LogP) is 2.19. The van der Waals surface area contributed by atoms with Gasteiger partial charge in [-0.2, -0.15) is 0 Å². The van der Waals surface area contributed by atoms with E-state index in [0.717, 1.165) is 6.07 Å². The van der Waals surface area contributed by atoms with Crippen LogP contribution in [0.15, 0.2) is 40.1 Å². The zero-order valence-corrected chi connectivity index (χ0v) is 12.6. The number of methoxy groups -OCH3 is 1. The number of aromatic nitrogens is 2. The summed E-state index contributed by atoms with van der Waals surface area (Å²) in [6, 6.07) is 3.33. The molecule has 0 amide bonds. The highest BCUT2D eigenvalue weighted by atomic mass is 79.9. The Morgan fingerprint density at radius 3 is 2.60 bits per heavy atom. The second kappa shape index (κ2) is 5.71. The van der Waals surface area contributed by atoms with E-state index in [0.29, 0.717) is 4.60 Å². The molecule has 0 saturated carbocycles. The Hall–Kier alpha value is -1.74. The fourth-order valence-electron chi connectivity index (χ4n) is 1.38. The van der Waals surface area contributed by atoms with Crippen molar-refractivity contribution in [3.05, 3.63) is 41.0 Å². The van der Waals surface area contributed by atoms with Crippen LogP contribution in [-0.2, 0) is 10.0 Å². The molecule has 0 unspecified atom stereocenters. The molecule has 20 heavy (non-hydrogen) atoms. The molecule has 0 aliphatic rings. The third kappa shape index (κ3) is 3.23. The first-order valence-electron chi connectivity index (χ1n) is 5.26. The summed E-state index contributed by atoms with van der Waals surface area (Å²) < 4.78 is 45.0. The zero-order chi connectivity index (χ0) is 14.8. The minimum atomic E-state index is -3.94. The van der Waals surface area contributed by atoms with Gasteiger partial charge in [0.1, 0.15) is 4.60 Å². The standard InChI is InChI=1S/C11H9BrFN3O3S/c1-19-9-3-2-7(4-8(9)13)20(17,18)16-11-6-14-10(12)5-15-11/h2-6H,1H3,(H,15,16). The lowest BCUT2D eigenvalue weighted by atomic mass is 10.3. The van der Waals surface area contributed by atoms with Gasteiger partial charge in [0.15, 0.2) is 17.4 Å². The summed E-state index contributed by atoms with van der Waals surface area (Å²) in [5, 5.41) is 0. The molecule has 6 nitrogen and oxygen atoms in total. The van der Waals surface area contributed by atoms with Crippen molar-refractivity contribution in [1.82, 2.24) is 9.97 Å². The molecule has 0 aliphatic carbocycles. The Morgan fingerprint density at radius 2 is 2.05 bits per heavy atom. The molecule has 1 N–H and O–H groups in total. The van der Waals surface area contributed by atoms with Gasteiger partial charge < -0.3 is 4.74 Å². The highest BCUT2D eigenvalue weighted by molar-refractivity contribution is 9.10. The third-order valence-electron chi connectivity index (χ3n) is 2.29. The predicted molar refractivity (Wildman–Crippen MR) is 73.5 cm³/mol. The average Bonchev–Trinajstić information content (AvgIpc) is 2.41. The molecule has 0 saturated heterocycles. The average molecular weight is 362 g/mol. The maximum absolute atomic E-state index is 13.5. The highest BCUT2D eigenvalue weighted by Gasteiger charge is 2.17. The van der Waals surface area contributed by atoms with Crippen LogP contribution in [0, 0.1) is 5.82 Å². The van der Waals surface area contributed by atoms with Crippen LogP contribution in [0.25, 0.3) is 0 Å². The van der Waals surface area contributed by atoms with Crippen molar-refractivity contribution in [2.75, 3.05) is 11.8 Å². The number of nitrogens with zero attached hydrogens (tertiary/aromatic N) is 2. The van der Waals surface area contributed by atoms with Crippen LogP contribution in [0.2, 0.25) is 0 Å². The van der Waals surface area contributed by atoms with E-state index in [9.17, 15) is 12.8 Å². The summed E-state index contributed by atoms with van der Waals surface area (Å²) in [6.45, 7) is 0. The van der Waals surface area contributed by atoms with Crippen molar-refractivity contribution >= 4 is 31.8 Å². The van der Waals surface area contributed by atoms with Crippen LogP contribution < -0.4 is 9.46 Å². The van der Waals surface area contributed by atoms with E-state index in [1.165, 1.54) is 31.6 Å². The van der Waals surface area contributed by atoms with Crippen LogP contribution in [0.4, 0.5) is 10.2 Å². The second-order valence-electron chi connectivity index (χ2n) is 3.63. The number of rotatable bonds is 4. The molecular weight excluding hydrogens is 353 g/mol. The van der Waals surface area contributed by atoms with Crippen LogP contribution in [-0.4, -0.2) is 25.5 Å². The van der Waals surface area contributed by atoms with E-state index in [1.54, 1.807) is 0 Å². The minimum Gasteiger partial charge on any atom is -0.494 e. The number of nitrogens with one attached hydrogen (secondary N) is 1. The van der Waals surface area contributed by atoms with E-state index >= 15 is 0 Å². The molecule has 0 atom stereocenters. The van der Waals surface area contributed by atoms with Crippen LogP contribution in [0.3, 0.4) is 0 Å². The smallest absolute Gasteiger partial charge is 0.263 e. The number of hydrogen-bond donors (Lipinski definition) is 1. The molecule has 0 radical (unpaired) electrons. The first-order chi connectivity index (χ1) is 9.42. The van der Waals surface area contributed by atoms with Gasteiger partial charge >= 0.3 is 0 Å². The number of ether oxygens (including phenoxy) is 1. The lowest BCUT2D eigenvalue weighted by Crippen LogP contribution is -2.14. The summed E-state index contributed by atoms with van der Waals surface area (Å²) >= 11 is 3.08. The van der Waals surface area contributed by atoms with Gasteiger partial charge in [-0.3, -0.25) is 4.72 Å². The third-order valence-corrected chi connectivity index (χ3v) is 4.05. The number of sulfonamides is 1. The maximum Gasteiger partial charge on any atom is 0.263 e. The fraction of sp³-hybridized carbons (Fsp3) is 0.0909. The maximum atomic E-state index is 13.5. The van der Waals surface area contributed by atoms with E-state index in [4.69, 9.17) is 4.74 Å².